The Morgan fingerprint density at radius 1 is 1.24 bits per heavy atom. The van der Waals surface area contributed by atoms with E-state index >= 15 is 0 Å². The summed E-state index contributed by atoms with van der Waals surface area (Å²) in [6.45, 7) is 3.48. The predicted octanol–water partition coefficient (Wildman–Crippen LogP) is 2.38. The van der Waals surface area contributed by atoms with Gasteiger partial charge in [0.1, 0.15) is 11.5 Å². The summed E-state index contributed by atoms with van der Waals surface area (Å²) in [7, 11) is 0. The lowest BCUT2D eigenvalue weighted by Gasteiger charge is -2.20. The van der Waals surface area contributed by atoms with Gasteiger partial charge in [-0.3, -0.25) is 4.79 Å². The number of hydrogen-bond donors (Lipinski definition) is 2. The molecule has 4 nitrogen and oxygen atoms in total. The molecule has 0 bridgehead atoms. The van der Waals surface area contributed by atoms with Crippen LogP contribution in [0.1, 0.15) is 34.8 Å². The van der Waals surface area contributed by atoms with Gasteiger partial charge in [-0.05, 0) is 43.7 Å². The van der Waals surface area contributed by atoms with Crippen LogP contribution in [0.25, 0.3) is 0 Å². The molecule has 1 heterocycles. The number of rotatable bonds is 4. The summed E-state index contributed by atoms with van der Waals surface area (Å²) in [4.78, 5) is 16.2. The minimum atomic E-state index is -0.917. The first kappa shape index (κ1) is 15.1. The molecule has 2 unspecified atom stereocenters. The molecule has 0 spiro atoms. The van der Waals surface area contributed by atoms with Crippen LogP contribution in [0.15, 0.2) is 42.5 Å². The summed E-state index contributed by atoms with van der Waals surface area (Å²) < 4.78 is 12.9. The second-order valence-electron chi connectivity index (χ2n) is 4.92. The highest BCUT2D eigenvalue weighted by molar-refractivity contribution is 5.92. The third-order valence-electron chi connectivity index (χ3n) is 3.16. The summed E-state index contributed by atoms with van der Waals surface area (Å²) in [5.74, 6) is -0.723. The Hall–Kier alpha value is -2.27. The van der Waals surface area contributed by atoms with E-state index in [0.29, 0.717) is 11.3 Å². The van der Waals surface area contributed by atoms with Gasteiger partial charge in [-0.2, -0.15) is 0 Å². The topological polar surface area (TPSA) is 62.2 Å². The van der Waals surface area contributed by atoms with Crippen LogP contribution >= 0.6 is 0 Å². The second kappa shape index (κ2) is 6.45. The van der Waals surface area contributed by atoms with Gasteiger partial charge in [-0.1, -0.05) is 18.2 Å². The summed E-state index contributed by atoms with van der Waals surface area (Å²) in [5.41, 5.74) is 1.59. The van der Waals surface area contributed by atoms with Crippen molar-refractivity contribution >= 4 is 5.91 Å². The maximum absolute atomic E-state index is 12.9. The maximum atomic E-state index is 12.9. The van der Waals surface area contributed by atoms with E-state index in [4.69, 9.17) is 0 Å². The average molecular weight is 288 g/mol. The molecular formula is C16H17FN2O2. The Balaban J connectivity index is 2.05. The zero-order valence-corrected chi connectivity index (χ0v) is 11.9. The van der Waals surface area contributed by atoms with E-state index in [1.54, 1.807) is 32.0 Å². The molecular weight excluding hydrogens is 271 g/mol. The van der Waals surface area contributed by atoms with Gasteiger partial charge in [0.25, 0.3) is 5.91 Å². The molecule has 2 rings (SSSR count). The molecule has 0 radical (unpaired) electrons. The van der Waals surface area contributed by atoms with Crippen LogP contribution in [0, 0.1) is 12.7 Å². The Kier molecular flexibility index (Phi) is 4.65. The third kappa shape index (κ3) is 3.86. The van der Waals surface area contributed by atoms with E-state index in [0.717, 1.165) is 5.69 Å². The molecule has 1 aromatic heterocycles. The van der Waals surface area contributed by atoms with Crippen LogP contribution < -0.4 is 5.32 Å². The molecule has 0 aliphatic heterocycles. The van der Waals surface area contributed by atoms with E-state index in [1.807, 2.05) is 0 Å². The standard InChI is InChI=1S/C16H17FN2O2/c1-10-4-3-5-14(18-10)16(21)19-11(2)15(20)12-6-8-13(17)9-7-12/h3-9,11,15,20H,1-2H3,(H,19,21). The lowest BCUT2D eigenvalue weighted by molar-refractivity contribution is 0.0847. The first-order chi connectivity index (χ1) is 9.97. The first-order valence-electron chi connectivity index (χ1n) is 6.65. The molecule has 110 valence electrons. The van der Waals surface area contributed by atoms with Crippen molar-refractivity contribution in [3.63, 3.8) is 0 Å². The number of halogens is 1. The van der Waals surface area contributed by atoms with Gasteiger partial charge in [0.05, 0.1) is 12.1 Å². The summed E-state index contributed by atoms with van der Waals surface area (Å²) in [5, 5.41) is 12.9. The smallest absolute Gasteiger partial charge is 0.270 e. The van der Waals surface area contributed by atoms with Crippen molar-refractivity contribution in [2.45, 2.75) is 26.0 Å². The van der Waals surface area contributed by atoms with Gasteiger partial charge in [0.15, 0.2) is 0 Å². The molecule has 1 aromatic carbocycles. The zero-order chi connectivity index (χ0) is 15.4. The minimum Gasteiger partial charge on any atom is -0.386 e. The number of nitrogens with one attached hydrogen (secondary N) is 1. The lowest BCUT2D eigenvalue weighted by atomic mass is 10.0. The number of amides is 1. The van der Waals surface area contributed by atoms with E-state index in [9.17, 15) is 14.3 Å². The molecule has 0 aliphatic carbocycles. The third-order valence-corrected chi connectivity index (χ3v) is 3.16. The van der Waals surface area contributed by atoms with E-state index < -0.39 is 12.1 Å². The quantitative estimate of drug-likeness (QED) is 0.908. The van der Waals surface area contributed by atoms with Crippen molar-refractivity contribution in [1.82, 2.24) is 10.3 Å². The monoisotopic (exact) mass is 288 g/mol. The molecule has 0 fully saturated rings. The predicted molar refractivity (Wildman–Crippen MR) is 77.3 cm³/mol. The van der Waals surface area contributed by atoms with Crippen molar-refractivity contribution in [3.8, 4) is 0 Å². The largest absolute Gasteiger partial charge is 0.386 e. The fourth-order valence-corrected chi connectivity index (χ4v) is 1.98. The Bertz CT molecular complexity index is 628. The molecule has 5 heteroatoms. The zero-order valence-electron chi connectivity index (χ0n) is 11.9. The lowest BCUT2D eigenvalue weighted by Crippen LogP contribution is -2.37. The number of aliphatic hydroxyl groups is 1. The number of benzene rings is 1. The van der Waals surface area contributed by atoms with Crippen molar-refractivity contribution in [2.24, 2.45) is 0 Å². The van der Waals surface area contributed by atoms with Gasteiger partial charge >= 0.3 is 0 Å². The van der Waals surface area contributed by atoms with Crippen molar-refractivity contribution in [3.05, 3.63) is 65.2 Å². The van der Waals surface area contributed by atoms with Gasteiger partial charge in [-0.15, -0.1) is 0 Å². The SMILES string of the molecule is Cc1cccc(C(=O)NC(C)C(O)c2ccc(F)cc2)n1. The second-order valence-corrected chi connectivity index (χ2v) is 4.92. The summed E-state index contributed by atoms with van der Waals surface area (Å²) >= 11 is 0. The van der Waals surface area contributed by atoms with Crippen LogP contribution in [0.3, 0.4) is 0 Å². The number of carbonyl (C=O) groups is 1. The number of nitrogens with zero attached hydrogens (tertiary/aromatic N) is 1. The van der Waals surface area contributed by atoms with Crippen LogP contribution in [0.4, 0.5) is 4.39 Å². The number of aryl methyl sites for hydroxylation is 1. The number of carbonyl (C=O) groups excluding carboxylic acids is 1. The van der Waals surface area contributed by atoms with Crippen molar-refractivity contribution < 1.29 is 14.3 Å². The molecule has 1 amide bonds. The summed E-state index contributed by atoms with van der Waals surface area (Å²) in [6, 6.07) is 10.2. The van der Waals surface area contributed by atoms with Gasteiger partial charge in [0.2, 0.25) is 0 Å². The Morgan fingerprint density at radius 3 is 2.52 bits per heavy atom. The average Bonchev–Trinajstić information content (AvgIpc) is 2.47. The molecule has 2 atom stereocenters. The van der Waals surface area contributed by atoms with Crippen LogP contribution in [0.2, 0.25) is 0 Å². The number of aromatic nitrogens is 1. The molecule has 0 saturated heterocycles. The number of aliphatic hydroxyl groups excluding tert-OH is 1. The van der Waals surface area contributed by atoms with Crippen molar-refractivity contribution in [2.75, 3.05) is 0 Å². The van der Waals surface area contributed by atoms with Crippen molar-refractivity contribution in [1.29, 1.82) is 0 Å². The van der Waals surface area contributed by atoms with E-state index in [1.165, 1.54) is 24.3 Å². The highest BCUT2D eigenvalue weighted by Crippen LogP contribution is 2.17. The number of pyridine rings is 1. The normalized spacial score (nSPS) is 13.5. The van der Waals surface area contributed by atoms with Crippen LogP contribution in [-0.4, -0.2) is 22.0 Å². The highest BCUT2D eigenvalue weighted by Gasteiger charge is 2.19. The fraction of sp³-hybridized carbons (Fsp3) is 0.250. The van der Waals surface area contributed by atoms with Crippen LogP contribution in [-0.2, 0) is 0 Å². The van der Waals surface area contributed by atoms with Gasteiger partial charge < -0.3 is 10.4 Å². The highest BCUT2D eigenvalue weighted by atomic mass is 19.1. The summed E-state index contributed by atoms with van der Waals surface area (Å²) in [6.07, 6.45) is -0.917. The minimum absolute atomic E-state index is 0.299. The maximum Gasteiger partial charge on any atom is 0.270 e. The fourth-order valence-electron chi connectivity index (χ4n) is 1.98. The Labute approximate surface area is 122 Å². The number of hydrogen-bond acceptors (Lipinski definition) is 3. The molecule has 2 N–H and O–H groups in total. The van der Waals surface area contributed by atoms with Crippen LogP contribution in [0.5, 0.6) is 0 Å². The molecule has 0 aliphatic rings. The first-order valence-corrected chi connectivity index (χ1v) is 6.65. The van der Waals surface area contributed by atoms with Gasteiger partial charge in [0, 0.05) is 5.69 Å². The van der Waals surface area contributed by atoms with Gasteiger partial charge in [-0.25, -0.2) is 9.37 Å². The molecule has 0 saturated carbocycles. The molecule has 21 heavy (non-hydrogen) atoms. The van der Waals surface area contributed by atoms with E-state index in [2.05, 4.69) is 10.3 Å². The van der Waals surface area contributed by atoms with E-state index in [-0.39, 0.29) is 11.7 Å². The Morgan fingerprint density at radius 2 is 1.90 bits per heavy atom. The molecule has 2 aromatic rings.